The minimum absolute atomic E-state index is 0.0897. The maximum absolute atomic E-state index is 12.9. The van der Waals surface area contributed by atoms with E-state index in [0.29, 0.717) is 42.1 Å². The highest BCUT2D eigenvalue weighted by atomic mass is 32.2. The van der Waals surface area contributed by atoms with Crippen LogP contribution >= 0.6 is 11.8 Å². The number of amidine groups is 2. The van der Waals surface area contributed by atoms with Gasteiger partial charge in [-0.1, -0.05) is 54.2 Å². The number of thioether (sulfide) groups is 1. The standard InChI is InChI=1S/C31H29N3O4S/c1-4-36-28-18-22(11-13-27(28)38-15-14-37-24-12-10-20(2)21(3)16-24)17-25-29(32)34-26(23-8-6-5-7-9-23)19-39-31(34)33-30(25)35/h5-13,16-19,32H,4,14-15H2,1-3H3/b25-17-,32-29?. The van der Waals surface area contributed by atoms with Crippen LogP contribution in [0.3, 0.4) is 0 Å². The Morgan fingerprint density at radius 2 is 1.72 bits per heavy atom. The molecule has 39 heavy (non-hydrogen) atoms. The summed E-state index contributed by atoms with van der Waals surface area (Å²) in [5, 5.41) is 11.3. The Kier molecular flexibility index (Phi) is 7.84. The van der Waals surface area contributed by atoms with Gasteiger partial charge in [0.2, 0.25) is 0 Å². The molecule has 0 radical (unpaired) electrons. The van der Waals surface area contributed by atoms with E-state index in [9.17, 15) is 4.79 Å². The largest absolute Gasteiger partial charge is 0.490 e. The second-order valence-corrected chi connectivity index (χ2v) is 9.85. The first-order chi connectivity index (χ1) is 18.9. The van der Waals surface area contributed by atoms with Gasteiger partial charge < -0.3 is 14.2 Å². The zero-order chi connectivity index (χ0) is 27.4. The summed E-state index contributed by atoms with van der Waals surface area (Å²) in [5.41, 5.74) is 5.10. The lowest BCUT2D eigenvalue weighted by atomic mass is 10.1. The van der Waals surface area contributed by atoms with Gasteiger partial charge in [0.1, 0.15) is 24.8 Å². The molecule has 0 aromatic heterocycles. The SMILES string of the molecule is CCOc1cc(/C=C2/C(=N)N3C(c4ccccc4)=CSC3=NC2=O)ccc1OCCOc1ccc(C)c(C)c1. The summed E-state index contributed by atoms with van der Waals surface area (Å²) in [7, 11) is 0. The number of fused-ring (bicyclic) bond motifs is 1. The molecule has 3 aromatic carbocycles. The Hall–Kier alpha value is -4.30. The van der Waals surface area contributed by atoms with Crippen LogP contribution < -0.4 is 14.2 Å². The van der Waals surface area contributed by atoms with Gasteiger partial charge in [-0.15, -0.1) is 0 Å². The average Bonchev–Trinajstić information content (AvgIpc) is 3.36. The quantitative estimate of drug-likeness (QED) is 0.248. The molecular weight excluding hydrogens is 510 g/mol. The van der Waals surface area contributed by atoms with Gasteiger partial charge in [-0.25, -0.2) is 0 Å². The maximum Gasteiger partial charge on any atom is 0.283 e. The molecule has 0 atom stereocenters. The molecule has 3 aromatic rings. The van der Waals surface area contributed by atoms with Crippen LogP contribution in [0.4, 0.5) is 0 Å². The fraction of sp³-hybridized carbons (Fsp3) is 0.194. The highest BCUT2D eigenvalue weighted by Crippen LogP contribution is 2.38. The van der Waals surface area contributed by atoms with Gasteiger partial charge in [-0.3, -0.25) is 15.1 Å². The van der Waals surface area contributed by atoms with Crippen LogP contribution in [0.25, 0.3) is 11.8 Å². The summed E-state index contributed by atoms with van der Waals surface area (Å²) in [4.78, 5) is 18.8. The van der Waals surface area contributed by atoms with Crippen molar-refractivity contribution in [2.24, 2.45) is 4.99 Å². The van der Waals surface area contributed by atoms with E-state index in [1.807, 2.05) is 73.0 Å². The predicted octanol–water partition coefficient (Wildman–Crippen LogP) is 6.46. The highest BCUT2D eigenvalue weighted by Gasteiger charge is 2.36. The number of ether oxygens (including phenoxy) is 3. The van der Waals surface area contributed by atoms with Crippen molar-refractivity contribution in [1.82, 2.24) is 4.90 Å². The van der Waals surface area contributed by atoms with Gasteiger partial charge in [0.25, 0.3) is 5.91 Å². The van der Waals surface area contributed by atoms with Crippen molar-refractivity contribution < 1.29 is 19.0 Å². The third-order valence-corrected chi connectivity index (χ3v) is 7.18. The minimum Gasteiger partial charge on any atom is -0.490 e. The molecule has 0 saturated heterocycles. The summed E-state index contributed by atoms with van der Waals surface area (Å²) >= 11 is 1.34. The number of hydrogen-bond donors (Lipinski definition) is 1. The molecule has 2 aliphatic rings. The summed E-state index contributed by atoms with van der Waals surface area (Å²) in [6, 6.07) is 21.2. The van der Waals surface area contributed by atoms with E-state index in [1.165, 1.54) is 22.9 Å². The molecule has 0 aliphatic carbocycles. The zero-order valence-electron chi connectivity index (χ0n) is 22.1. The van der Waals surface area contributed by atoms with Crippen molar-refractivity contribution >= 4 is 40.4 Å². The third kappa shape index (κ3) is 5.76. The van der Waals surface area contributed by atoms with Crippen molar-refractivity contribution in [3.63, 3.8) is 0 Å². The fourth-order valence-electron chi connectivity index (χ4n) is 4.20. The van der Waals surface area contributed by atoms with E-state index in [0.717, 1.165) is 17.0 Å². The van der Waals surface area contributed by atoms with Crippen LogP contribution in [-0.2, 0) is 4.79 Å². The van der Waals surface area contributed by atoms with E-state index < -0.39 is 5.91 Å². The highest BCUT2D eigenvalue weighted by molar-refractivity contribution is 8.17. The van der Waals surface area contributed by atoms with Crippen molar-refractivity contribution in [3.05, 3.63) is 100.0 Å². The normalized spacial score (nSPS) is 15.7. The summed E-state index contributed by atoms with van der Waals surface area (Å²) in [6.45, 7) is 7.21. The van der Waals surface area contributed by atoms with Crippen molar-refractivity contribution in [1.29, 1.82) is 5.41 Å². The van der Waals surface area contributed by atoms with Gasteiger partial charge in [-0.2, -0.15) is 4.99 Å². The van der Waals surface area contributed by atoms with Gasteiger partial charge in [-0.05, 0) is 73.4 Å². The monoisotopic (exact) mass is 539 g/mol. The van der Waals surface area contributed by atoms with Crippen LogP contribution in [0.1, 0.15) is 29.2 Å². The van der Waals surface area contributed by atoms with Crippen LogP contribution in [0.5, 0.6) is 17.2 Å². The Balaban J connectivity index is 1.31. The predicted molar refractivity (Wildman–Crippen MR) is 157 cm³/mol. The second-order valence-electron chi connectivity index (χ2n) is 9.01. The number of aliphatic imine (C=N–C) groups is 1. The van der Waals surface area contributed by atoms with Crippen LogP contribution in [0, 0.1) is 19.3 Å². The Morgan fingerprint density at radius 3 is 2.49 bits per heavy atom. The van der Waals surface area contributed by atoms with E-state index in [1.54, 1.807) is 17.0 Å². The van der Waals surface area contributed by atoms with Crippen molar-refractivity contribution in [2.75, 3.05) is 19.8 Å². The van der Waals surface area contributed by atoms with Crippen LogP contribution in [0.2, 0.25) is 0 Å². The Morgan fingerprint density at radius 1 is 0.923 bits per heavy atom. The first-order valence-electron chi connectivity index (χ1n) is 12.7. The topological polar surface area (TPSA) is 84.2 Å². The lowest BCUT2D eigenvalue weighted by Gasteiger charge is -2.27. The number of carbonyl (C=O) groups is 1. The number of rotatable bonds is 9. The number of amides is 1. The second kappa shape index (κ2) is 11.6. The molecule has 1 N–H and O–H groups in total. The van der Waals surface area contributed by atoms with Crippen molar-refractivity contribution in [2.45, 2.75) is 20.8 Å². The maximum atomic E-state index is 12.9. The summed E-state index contributed by atoms with van der Waals surface area (Å²) in [6.07, 6.45) is 1.67. The smallest absolute Gasteiger partial charge is 0.283 e. The molecule has 0 unspecified atom stereocenters. The minimum atomic E-state index is -0.441. The number of aryl methyl sites for hydroxylation is 2. The molecule has 1 amide bonds. The molecule has 2 heterocycles. The van der Waals surface area contributed by atoms with Gasteiger partial charge in [0, 0.05) is 5.41 Å². The Labute approximate surface area is 232 Å². The van der Waals surface area contributed by atoms with Crippen molar-refractivity contribution in [3.8, 4) is 17.2 Å². The Bertz CT molecular complexity index is 1510. The average molecular weight is 540 g/mol. The summed E-state index contributed by atoms with van der Waals surface area (Å²) in [5.74, 6) is 1.59. The number of nitrogens with one attached hydrogen (secondary N) is 1. The molecule has 0 saturated carbocycles. The molecule has 0 bridgehead atoms. The number of nitrogens with zero attached hydrogens (tertiary/aromatic N) is 2. The molecule has 2 aliphatic heterocycles. The van der Waals surface area contributed by atoms with E-state index in [-0.39, 0.29) is 11.4 Å². The number of carbonyl (C=O) groups excluding carboxylic acids is 1. The first kappa shape index (κ1) is 26.3. The number of benzene rings is 3. The fourth-order valence-corrected chi connectivity index (χ4v) is 5.09. The molecule has 0 spiro atoms. The van der Waals surface area contributed by atoms with E-state index in [4.69, 9.17) is 19.6 Å². The molecule has 0 fully saturated rings. The van der Waals surface area contributed by atoms with Crippen LogP contribution in [0.15, 0.2) is 82.7 Å². The third-order valence-electron chi connectivity index (χ3n) is 6.35. The lowest BCUT2D eigenvalue weighted by Crippen LogP contribution is -2.38. The van der Waals surface area contributed by atoms with E-state index >= 15 is 0 Å². The molecule has 198 valence electrons. The van der Waals surface area contributed by atoms with E-state index in [2.05, 4.69) is 18.8 Å². The van der Waals surface area contributed by atoms with Crippen LogP contribution in [-0.4, -0.2) is 41.6 Å². The first-order valence-corrected chi connectivity index (χ1v) is 13.6. The molecular formula is C31H29N3O4S. The van der Waals surface area contributed by atoms with Gasteiger partial charge >= 0.3 is 0 Å². The van der Waals surface area contributed by atoms with Gasteiger partial charge in [0.05, 0.1) is 17.9 Å². The summed E-state index contributed by atoms with van der Waals surface area (Å²) < 4.78 is 17.6. The lowest BCUT2D eigenvalue weighted by molar-refractivity contribution is -0.114. The zero-order valence-corrected chi connectivity index (χ0v) is 22.9. The molecule has 8 heteroatoms. The molecule has 5 rings (SSSR count). The molecule has 7 nitrogen and oxygen atoms in total. The van der Waals surface area contributed by atoms with Gasteiger partial charge in [0.15, 0.2) is 16.7 Å². The number of hydrogen-bond acceptors (Lipinski definition) is 6.